The first-order valence-corrected chi connectivity index (χ1v) is 5.79. The molecule has 0 aromatic rings. The number of hydrogen-bond acceptors (Lipinski definition) is 3. The second-order valence-electron chi connectivity index (χ2n) is 4.07. The van der Waals surface area contributed by atoms with E-state index in [1.807, 2.05) is 0 Å². The summed E-state index contributed by atoms with van der Waals surface area (Å²) in [6.45, 7) is 3.94. The molecule has 4 nitrogen and oxygen atoms in total. The van der Waals surface area contributed by atoms with Crippen molar-refractivity contribution in [3.8, 4) is 0 Å². The Morgan fingerprint density at radius 3 is 3.07 bits per heavy atom. The van der Waals surface area contributed by atoms with E-state index in [-0.39, 0.29) is 5.91 Å². The van der Waals surface area contributed by atoms with E-state index < -0.39 is 0 Å². The SMILES string of the molecule is CNC(=O)CCCOC1CCCNC1C. The molecule has 1 rings (SSSR count). The third kappa shape index (κ3) is 4.62. The Labute approximate surface area is 91.8 Å². The van der Waals surface area contributed by atoms with Crippen molar-refractivity contribution in [1.82, 2.24) is 10.6 Å². The van der Waals surface area contributed by atoms with Gasteiger partial charge < -0.3 is 15.4 Å². The maximum atomic E-state index is 10.9. The molecule has 0 aliphatic carbocycles. The zero-order chi connectivity index (χ0) is 11.1. The molecule has 1 aliphatic heterocycles. The molecule has 88 valence electrons. The lowest BCUT2D eigenvalue weighted by atomic mass is 10.0. The van der Waals surface area contributed by atoms with Crippen molar-refractivity contribution >= 4 is 5.91 Å². The third-order valence-electron chi connectivity index (χ3n) is 2.85. The molecule has 1 saturated heterocycles. The van der Waals surface area contributed by atoms with Gasteiger partial charge in [0, 0.05) is 26.1 Å². The van der Waals surface area contributed by atoms with Gasteiger partial charge in [-0.2, -0.15) is 0 Å². The molecule has 4 heteroatoms. The highest BCUT2D eigenvalue weighted by Crippen LogP contribution is 2.12. The van der Waals surface area contributed by atoms with Gasteiger partial charge in [0.1, 0.15) is 0 Å². The number of hydrogen-bond donors (Lipinski definition) is 2. The molecule has 1 amide bonds. The topological polar surface area (TPSA) is 50.4 Å². The van der Waals surface area contributed by atoms with Crippen molar-refractivity contribution in [1.29, 1.82) is 0 Å². The standard InChI is InChI=1S/C11H22N2O2/c1-9-10(5-3-7-13-9)15-8-4-6-11(14)12-2/h9-10,13H,3-8H2,1-2H3,(H,12,14). The average Bonchev–Trinajstić information content (AvgIpc) is 2.26. The molecule has 15 heavy (non-hydrogen) atoms. The van der Waals surface area contributed by atoms with Gasteiger partial charge in [0.25, 0.3) is 0 Å². The predicted molar refractivity (Wildman–Crippen MR) is 59.7 cm³/mol. The second kappa shape index (κ2) is 6.80. The van der Waals surface area contributed by atoms with Crippen molar-refractivity contribution in [3.05, 3.63) is 0 Å². The first kappa shape index (κ1) is 12.5. The average molecular weight is 214 g/mol. The van der Waals surface area contributed by atoms with Crippen LogP contribution in [0.2, 0.25) is 0 Å². The fourth-order valence-corrected chi connectivity index (χ4v) is 1.83. The minimum Gasteiger partial charge on any atom is -0.377 e. The van der Waals surface area contributed by atoms with Crippen LogP contribution in [-0.2, 0) is 9.53 Å². The van der Waals surface area contributed by atoms with Crippen LogP contribution in [0.5, 0.6) is 0 Å². The number of amides is 1. The Balaban J connectivity index is 2.06. The van der Waals surface area contributed by atoms with Gasteiger partial charge in [0.15, 0.2) is 0 Å². The zero-order valence-electron chi connectivity index (χ0n) is 9.71. The smallest absolute Gasteiger partial charge is 0.219 e. The Bertz CT molecular complexity index is 197. The number of carbonyl (C=O) groups excluding carboxylic acids is 1. The monoisotopic (exact) mass is 214 g/mol. The van der Waals surface area contributed by atoms with E-state index in [2.05, 4.69) is 17.6 Å². The van der Waals surface area contributed by atoms with Crippen LogP contribution in [0.3, 0.4) is 0 Å². The molecule has 2 N–H and O–H groups in total. The van der Waals surface area contributed by atoms with Crippen LogP contribution in [0.4, 0.5) is 0 Å². The van der Waals surface area contributed by atoms with Crippen LogP contribution in [0.25, 0.3) is 0 Å². The molecule has 1 heterocycles. The highest BCUT2D eigenvalue weighted by molar-refractivity contribution is 5.75. The van der Waals surface area contributed by atoms with E-state index in [1.54, 1.807) is 7.05 Å². The lowest BCUT2D eigenvalue weighted by molar-refractivity contribution is -0.121. The normalized spacial score (nSPS) is 26.3. The largest absolute Gasteiger partial charge is 0.377 e. The van der Waals surface area contributed by atoms with Crippen molar-refractivity contribution in [2.75, 3.05) is 20.2 Å². The quantitative estimate of drug-likeness (QED) is 0.661. The van der Waals surface area contributed by atoms with Gasteiger partial charge in [-0.25, -0.2) is 0 Å². The Morgan fingerprint density at radius 1 is 1.60 bits per heavy atom. The Morgan fingerprint density at radius 2 is 2.40 bits per heavy atom. The molecule has 1 aliphatic rings. The first-order chi connectivity index (χ1) is 7.24. The summed E-state index contributed by atoms with van der Waals surface area (Å²) in [5.74, 6) is 0.0911. The van der Waals surface area contributed by atoms with E-state index >= 15 is 0 Å². The van der Waals surface area contributed by atoms with E-state index in [0.717, 1.165) is 19.4 Å². The second-order valence-corrected chi connectivity index (χ2v) is 4.07. The summed E-state index contributed by atoms with van der Waals surface area (Å²) in [6.07, 6.45) is 4.01. The summed E-state index contributed by atoms with van der Waals surface area (Å²) in [7, 11) is 1.66. The van der Waals surface area contributed by atoms with Gasteiger partial charge in [-0.1, -0.05) is 0 Å². The van der Waals surface area contributed by atoms with E-state index in [9.17, 15) is 4.79 Å². The molecular formula is C11H22N2O2. The molecule has 0 radical (unpaired) electrons. The number of ether oxygens (including phenoxy) is 1. The highest BCUT2D eigenvalue weighted by atomic mass is 16.5. The lowest BCUT2D eigenvalue weighted by Crippen LogP contribution is -2.44. The van der Waals surface area contributed by atoms with Crippen molar-refractivity contribution < 1.29 is 9.53 Å². The molecule has 0 bridgehead atoms. The van der Waals surface area contributed by atoms with Gasteiger partial charge >= 0.3 is 0 Å². The van der Waals surface area contributed by atoms with Crippen LogP contribution in [-0.4, -0.2) is 38.3 Å². The van der Waals surface area contributed by atoms with Gasteiger partial charge in [0.2, 0.25) is 5.91 Å². The van der Waals surface area contributed by atoms with Crippen LogP contribution in [0.15, 0.2) is 0 Å². The van der Waals surface area contributed by atoms with Crippen molar-refractivity contribution in [2.45, 2.75) is 44.8 Å². The summed E-state index contributed by atoms with van der Waals surface area (Å²) in [4.78, 5) is 10.9. The Kier molecular flexibility index (Phi) is 5.65. The molecule has 0 aromatic heterocycles. The van der Waals surface area contributed by atoms with Crippen LogP contribution >= 0.6 is 0 Å². The first-order valence-electron chi connectivity index (χ1n) is 5.79. The van der Waals surface area contributed by atoms with Crippen molar-refractivity contribution in [3.63, 3.8) is 0 Å². The van der Waals surface area contributed by atoms with Crippen LogP contribution < -0.4 is 10.6 Å². The molecule has 2 unspecified atom stereocenters. The van der Waals surface area contributed by atoms with Gasteiger partial charge in [-0.05, 0) is 32.7 Å². The number of carbonyl (C=O) groups is 1. The predicted octanol–water partition coefficient (Wildman–Crippen LogP) is 0.670. The summed E-state index contributed by atoms with van der Waals surface area (Å²) < 4.78 is 5.75. The zero-order valence-corrected chi connectivity index (χ0v) is 9.71. The van der Waals surface area contributed by atoms with E-state index in [4.69, 9.17) is 4.74 Å². The highest BCUT2D eigenvalue weighted by Gasteiger charge is 2.20. The van der Waals surface area contributed by atoms with E-state index in [0.29, 0.717) is 25.2 Å². The maximum Gasteiger partial charge on any atom is 0.219 e. The van der Waals surface area contributed by atoms with Crippen LogP contribution in [0.1, 0.15) is 32.6 Å². The summed E-state index contributed by atoms with van der Waals surface area (Å²) in [5, 5.41) is 5.99. The van der Waals surface area contributed by atoms with E-state index in [1.165, 1.54) is 6.42 Å². The fraction of sp³-hybridized carbons (Fsp3) is 0.909. The molecule has 0 spiro atoms. The molecule has 1 fully saturated rings. The van der Waals surface area contributed by atoms with Gasteiger partial charge in [-0.15, -0.1) is 0 Å². The van der Waals surface area contributed by atoms with Gasteiger partial charge in [-0.3, -0.25) is 4.79 Å². The summed E-state index contributed by atoms with van der Waals surface area (Å²) >= 11 is 0. The minimum atomic E-state index is 0.0911. The lowest BCUT2D eigenvalue weighted by Gasteiger charge is -2.29. The molecular weight excluding hydrogens is 192 g/mol. The number of rotatable bonds is 5. The Hall–Kier alpha value is -0.610. The molecule has 0 saturated carbocycles. The van der Waals surface area contributed by atoms with Crippen LogP contribution in [0, 0.1) is 0 Å². The molecule has 2 atom stereocenters. The molecule has 0 aromatic carbocycles. The third-order valence-corrected chi connectivity index (χ3v) is 2.85. The van der Waals surface area contributed by atoms with Gasteiger partial charge in [0.05, 0.1) is 6.10 Å². The minimum absolute atomic E-state index is 0.0911. The van der Waals surface area contributed by atoms with Crippen molar-refractivity contribution in [2.24, 2.45) is 0 Å². The summed E-state index contributed by atoms with van der Waals surface area (Å²) in [5.41, 5.74) is 0. The fourth-order valence-electron chi connectivity index (χ4n) is 1.83. The maximum absolute atomic E-state index is 10.9. The number of piperidine rings is 1. The summed E-state index contributed by atoms with van der Waals surface area (Å²) in [6, 6.07) is 0.443. The number of nitrogens with one attached hydrogen (secondary N) is 2.